The lowest BCUT2D eigenvalue weighted by Crippen LogP contribution is -2.30. The minimum Gasteiger partial charge on any atom is -0.506 e. The Hall–Kier alpha value is -1.37. The molecule has 0 unspecified atom stereocenters. The molecular formula is C14H15IN2O2. The summed E-state index contributed by atoms with van der Waals surface area (Å²) in [5, 5.41) is 11.1. The molecular weight excluding hydrogens is 355 g/mol. The molecule has 0 aliphatic carbocycles. The highest BCUT2D eigenvalue weighted by Gasteiger charge is 2.20. The van der Waals surface area contributed by atoms with Crippen molar-refractivity contribution >= 4 is 39.4 Å². The van der Waals surface area contributed by atoms with E-state index in [4.69, 9.17) is 0 Å². The largest absolute Gasteiger partial charge is 0.506 e. The molecule has 1 N–H and O–H groups in total. The molecule has 1 aromatic carbocycles. The highest BCUT2D eigenvalue weighted by atomic mass is 127. The molecule has 1 heterocycles. The second-order valence-corrected chi connectivity index (χ2v) is 5.22. The summed E-state index contributed by atoms with van der Waals surface area (Å²) >= 11 is 2.03. The van der Waals surface area contributed by atoms with Gasteiger partial charge in [-0.2, -0.15) is 0 Å². The van der Waals surface area contributed by atoms with E-state index >= 15 is 0 Å². The van der Waals surface area contributed by atoms with Gasteiger partial charge in [0.15, 0.2) is 0 Å². The molecule has 0 bridgehead atoms. The predicted molar refractivity (Wildman–Crippen MR) is 83.4 cm³/mol. The van der Waals surface area contributed by atoms with Crippen molar-refractivity contribution in [3.05, 3.63) is 33.5 Å². The first-order chi connectivity index (χ1) is 9.10. The molecule has 4 nitrogen and oxygen atoms in total. The molecule has 0 spiro atoms. The summed E-state index contributed by atoms with van der Waals surface area (Å²) in [6.07, 6.45) is 1.68. The molecule has 2 rings (SSSR count). The van der Waals surface area contributed by atoms with Crippen LogP contribution in [0.3, 0.4) is 0 Å². The molecule has 19 heavy (non-hydrogen) atoms. The van der Waals surface area contributed by atoms with Crippen LogP contribution in [-0.2, 0) is 0 Å². The Morgan fingerprint density at radius 1 is 1.42 bits per heavy atom. The van der Waals surface area contributed by atoms with Gasteiger partial charge in [-0.25, -0.2) is 0 Å². The number of halogens is 1. The van der Waals surface area contributed by atoms with Crippen molar-refractivity contribution in [1.29, 1.82) is 0 Å². The zero-order chi connectivity index (χ0) is 14.0. The molecule has 1 aromatic heterocycles. The number of rotatable bonds is 3. The Morgan fingerprint density at radius 2 is 2.11 bits per heavy atom. The fourth-order valence-corrected chi connectivity index (χ4v) is 2.76. The third-order valence-corrected chi connectivity index (χ3v) is 4.11. The number of nitrogens with zero attached hydrogens (tertiary/aromatic N) is 2. The molecule has 0 atom stereocenters. The molecule has 0 saturated carbocycles. The van der Waals surface area contributed by atoms with Crippen molar-refractivity contribution in [2.45, 2.75) is 13.8 Å². The third-order valence-electron chi connectivity index (χ3n) is 3.09. The highest BCUT2D eigenvalue weighted by Crippen LogP contribution is 2.31. The molecule has 5 heteroatoms. The van der Waals surface area contributed by atoms with Crippen molar-refractivity contribution in [3.63, 3.8) is 0 Å². The van der Waals surface area contributed by atoms with E-state index in [0.717, 1.165) is 10.9 Å². The van der Waals surface area contributed by atoms with Crippen LogP contribution in [0.15, 0.2) is 24.4 Å². The van der Waals surface area contributed by atoms with Crippen molar-refractivity contribution in [2.75, 3.05) is 13.1 Å². The summed E-state index contributed by atoms with van der Waals surface area (Å²) in [7, 11) is 0. The van der Waals surface area contributed by atoms with Crippen LogP contribution in [0.2, 0.25) is 0 Å². The van der Waals surface area contributed by atoms with Crippen molar-refractivity contribution in [3.8, 4) is 5.75 Å². The number of benzene rings is 1. The maximum atomic E-state index is 12.4. The number of phenols is 1. The average Bonchev–Trinajstić information content (AvgIpc) is 2.44. The van der Waals surface area contributed by atoms with E-state index in [2.05, 4.69) is 4.98 Å². The molecule has 0 fully saturated rings. The van der Waals surface area contributed by atoms with Crippen molar-refractivity contribution in [1.82, 2.24) is 9.88 Å². The zero-order valence-electron chi connectivity index (χ0n) is 10.9. The van der Waals surface area contributed by atoms with Gasteiger partial charge in [0.1, 0.15) is 5.75 Å². The molecule has 100 valence electrons. The Kier molecular flexibility index (Phi) is 4.24. The number of aromatic hydroxyl groups is 1. The van der Waals surface area contributed by atoms with E-state index in [1.165, 1.54) is 0 Å². The molecule has 0 aliphatic heterocycles. The van der Waals surface area contributed by atoms with Crippen LogP contribution in [0.5, 0.6) is 5.75 Å². The molecule has 0 radical (unpaired) electrons. The van der Waals surface area contributed by atoms with Gasteiger partial charge in [-0.15, -0.1) is 0 Å². The van der Waals surface area contributed by atoms with Gasteiger partial charge in [-0.1, -0.05) is 6.07 Å². The van der Waals surface area contributed by atoms with E-state index in [1.54, 1.807) is 17.2 Å². The summed E-state index contributed by atoms with van der Waals surface area (Å²) in [6.45, 7) is 5.09. The van der Waals surface area contributed by atoms with Crippen LogP contribution in [0, 0.1) is 3.57 Å². The molecule has 2 aromatic rings. The van der Waals surface area contributed by atoms with Crippen LogP contribution in [0.25, 0.3) is 10.9 Å². The zero-order valence-corrected chi connectivity index (χ0v) is 13.0. The fraction of sp³-hybridized carbons (Fsp3) is 0.286. The fourth-order valence-electron chi connectivity index (χ4n) is 2.02. The third kappa shape index (κ3) is 2.51. The number of hydrogen-bond acceptors (Lipinski definition) is 3. The first-order valence-corrected chi connectivity index (χ1v) is 7.23. The van der Waals surface area contributed by atoms with Crippen LogP contribution >= 0.6 is 22.6 Å². The van der Waals surface area contributed by atoms with Gasteiger partial charge < -0.3 is 10.0 Å². The number of hydrogen-bond donors (Lipinski definition) is 1. The Morgan fingerprint density at radius 3 is 2.74 bits per heavy atom. The average molecular weight is 370 g/mol. The van der Waals surface area contributed by atoms with Gasteiger partial charge in [-0.3, -0.25) is 9.78 Å². The van der Waals surface area contributed by atoms with E-state index in [-0.39, 0.29) is 11.7 Å². The minimum absolute atomic E-state index is 0.0173. The minimum atomic E-state index is -0.147. The van der Waals surface area contributed by atoms with Crippen LogP contribution in [-0.4, -0.2) is 34.0 Å². The van der Waals surface area contributed by atoms with Crippen LogP contribution < -0.4 is 0 Å². The monoisotopic (exact) mass is 370 g/mol. The number of phenolic OH excluding ortho intramolecular Hbond substituents is 1. The van der Waals surface area contributed by atoms with Gasteiger partial charge in [0.05, 0.1) is 14.7 Å². The SMILES string of the molecule is CCN(CC)C(=O)c1cc2cccnc2c(I)c1O. The smallest absolute Gasteiger partial charge is 0.257 e. The van der Waals surface area contributed by atoms with Gasteiger partial charge in [0, 0.05) is 24.7 Å². The lowest BCUT2D eigenvalue weighted by atomic mass is 10.1. The first-order valence-electron chi connectivity index (χ1n) is 6.15. The maximum Gasteiger partial charge on any atom is 0.257 e. The lowest BCUT2D eigenvalue weighted by Gasteiger charge is -2.20. The van der Waals surface area contributed by atoms with Crippen molar-refractivity contribution < 1.29 is 9.90 Å². The summed E-state index contributed by atoms with van der Waals surface area (Å²) in [5.41, 5.74) is 1.06. The Labute approximate surface area is 125 Å². The number of carbonyl (C=O) groups excluding carboxylic acids is 1. The number of pyridine rings is 1. The number of amides is 1. The van der Waals surface area contributed by atoms with E-state index in [9.17, 15) is 9.90 Å². The molecule has 0 aliphatic rings. The Balaban J connectivity index is 2.61. The Bertz CT molecular complexity index is 624. The van der Waals surface area contributed by atoms with Crippen LogP contribution in [0.1, 0.15) is 24.2 Å². The molecule has 1 amide bonds. The summed E-state index contributed by atoms with van der Waals surface area (Å²) < 4.78 is 0.617. The predicted octanol–water partition coefficient (Wildman–Crippen LogP) is 3.03. The first kappa shape index (κ1) is 14.0. The highest BCUT2D eigenvalue weighted by molar-refractivity contribution is 14.1. The van der Waals surface area contributed by atoms with Gasteiger partial charge in [0.25, 0.3) is 5.91 Å². The van der Waals surface area contributed by atoms with E-state index in [1.807, 2.05) is 48.6 Å². The van der Waals surface area contributed by atoms with Gasteiger partial charge in [0.2, 0.25) is 0 Å². The number of aromatic nitrogens is 1. The quantitative estimate of drug-likeness (QED) is 0.846. The number of fused-ring (bicyclic) bond motifs is 1. The standard InChI is InChI=1S/C14H15IN2O2/c1-3-17(4-2)14(19)10-8-9-6-5-7-16-12(9)11(15)13(10)18/h5-8,18H,3-4H2,1-2H3. The number of carbonyl (C=O) groups is 1. The van der Waals surface area contributed by atoms with E-state index in [0.29, 0.717) is 22.2 Å². The normalized spacial score (nSPS) is 10.7. The van der Waals surface area contributed by atoms with Gasteiger partial charge >= 0.3 is 0 Å². The topological polar surface area (TPSA) is 53.4 Å². The van der Waals surface area contributed by atoms with Crippen molar-refractivity contribution in [2.24, 2.45) is 0 Å². The second kappa shape index (κ2) is 5.73. The lowest BCUT2D eigenvalue weighted by molar-refractivity contribution is 0.0770. The summed E-state index contributed by atoms with van der Waals surface area (Å²) in [6, 6.07) is 5.42. The second-order valence-electron chi connectivity index (χ2n) is 4.14. The maximum absolute atomic E-state index is 12.4. The summed E-state index contributed by atoms with van der Waals surface area (Å²) in [4.78, 5) is 18.3. The summed E-state index contributed by atoms with van der Waals surface area (Å²) in [5.74, 6) is -0.130. The molecule has 0 saturated heterocycles. The van der Waals surface area contributed by atoms with Crippen LogP contribution in [0.4, 0.5) is 0 Å². The van der Waals surface area contributed by atoms with E-state index < -0.39 is 0 Å². The van der Waals surface area contributed by atoms with Gasteiger partial charge in [-0.05, 0) is 48.6 Å².